The molecule has 0 radical (unpaired) electrons. The fraction of sp³-hybridized carbons (Fsp3) is 0.143. The van der Waals surface area contributed by atoms with Crippen LogP contribution in [-0.4, -0.2) is 27.7 Å². The molecule has 0 fully saturated rings. The third-order valence-electron chi connectivity index (χ3n) is 4.56. The minimum absolute atomic E-state index is 0.242. The zero-order valence-corrected chi connectivity index (χ0v) is 17.4. The molecule has 1 atom stereocenters. The number of halogens is 2. The fourth-order valence-electron chi connectivity index (χ4n) is 3.05. The van der Waals surface area contributed by atoms with Crippen LogP contribution in [-0.2, 0) is 0 Å². The van der Waals surface area contributed by atoms with Crippen LogP contribution in [0.2, 0.25) is 5.02 Å². The molecule has 1 unspecified atom stereocenters. The van der Waals surface area contributed by atoms with E-state index in [4.69, 9.17) is 22.3 Å². The normalized spacial score (nSPS) is 16.2. The summed E-state index contributed by atoms with van der Waals surface area (Å²) in [5.74, 6) is 1.09. The van der Waals surface area contributed by atoms with E-state index >= 15 is 0 Å². The number of aromatic nitrogens is 3. The Morgan fingerprint density at radius 3 is 2.93 bits per heavy atom. The SMILES string of the molecule is NCC1=CC=CC(CNc2cc(-c3ccccc3Cl)nc3c(Br)cnn23)C=C1. The van der Waals surface area contributed by atoms with Crippen molar-refractivity contribution in [1.29, 1.82) is 0 Å². The summed E-state index contributed by atoms with van der Waals surface area (Å²) in [4.78, 5) is 4.74. The van der Waals surface area contributed by atoms with Gasteiger partial charge in [0.25, 0.3) is 0 Å². The molecule has 5 nitrogen and oxygen atoms in total. The van der Waals surface area contributed by atoms with Gasteiger partial charge in [-0.3, -0.25) is 0 Å². The maximum absolute atomic E-state index is 6.39. The number of hydrogen-bond donors (Lipinski definition) is 2. The highest BCUT2D eigenvalue weighted by Gasteiger charge is 2.14. The molecule has 7 heteroatoms. The lowest BCUT2D eigenvalue weighted by Gasteiger charge is -2.14. The van der Waals surface area contributed by atoms with Gasteiger partial charge in [0.15, 0.2) is 5.65 Å². The van der Waals surface area contributed by atoms with Gasteiger partial charge in [-0.2, -0.15) is 9.61 Å². The Bertz CT molecular complexity index is 1100. The van der Waals surface area contributed by atoms with E-state index in [1.165, 1.54) is 0 Å². The van der Waals surface area contributed by atoms with Gasteiger partial charge in [0.05, 0.1) is 16.4 Å². The Morgan fingerprint density at radius 2 is 2.11 bits per heavy atom. The topological polar surface area (TPSA) is 68.2 Å². The molecule has 3 N–H and O–H groups in total. The first-order valence-corrected chi connectivity index (χ1v) is 10.1. The molecule has 3 aromatic rings. The van der Waals surface area contributed by atoms with Gasteiger partial charge in [-0.25, -0.2) is 4.98 Å². The Hall–Kier alpha value is -2.41. The van der Waals surface area contributed by atoms with Crippen molar-refractivity contribution in [1.82, 2.24) is 14.6 Å². The maximum Gasteiger partial charge on any atom is 0.172 e. The second kappa shape index (κ2) is 8.31. The molecule has 0 aliphatic heterocycles. The van der Waals surface area contributed by atoms with Gasteiger partial charge >= 0.3 is 0 Å². The quantitative estimate of drug-likeness (QED) is 0.576. The lowest BCUT2D eigenvalue weighted by atomic mass is 10.1. The fourth-order valence-corrected chi connectivity index (χ4v) is 3.63. The summed E-state index contributed by atoms with van der Waals surface area (Å²) in [5.41, 5.74) is 9.25. The molecule has 0 bridgehead atoms. The lowest BCUT2D eigenvalue weighted by molar-refractivity contribution is 0.836. The summed E-state index contributed by atoms with van der Waals surface area (Å²) in [5, 5.41) is 8.60. The van der Waals surface area contributed by atoms with Crippen LogP contribution in [0.3, 0.4) is 0 Å². The Labute approximate surface area is 176 Å². The predicted molar refractivity (Wildman–Crippen MR) is 119 cm³/mol. The van der Waals surface area contributed by atoms with Gasteiger partial charge in [0.1, 0.15) is 5.82 Å². The highest BCUT2D eigenvalue weighted by molar-refractivity contribution is 9.10. The van der Waals surface area contributed by atoms with Crippen LogP contribution in [0.25, 0.3) is 16.9 Å². The first-order valence-electron chi connectivity index (χ1n) is 8.94. The van der Waals surface area contributed by atoms with Crippen LogP contribution < -0.4 is 11.1 Å². The molecule has 0 saturated heterocycles. The van der Waals surface area contributed by atoms with E-state index in [0.29, 0.717) is 11.6 Å². The number of anilines is 1. The van der Waals surface area contributed by atoms with Gasteiger partial charge in [0.2, 0.25) is 0 Å². The molecule has 142 valence electrons. The second-order valence-electron chi connectivity index (χ2n) is 6.47. The number of benzene rings is 1. The van der Waals surface area contributed by atoms with E-state index in [2.05, 4.69) is 50.6 Å². The summed E-state index contributed by atoms with van der Waals surface area (Å²) in [6, 6.07) is 9.67. The Morgan fingerprint density at radius 1 is 1.25 bits per heavy atom. The summed E-state index contributed by atoms with van der Waals surface area (Å²) >= 11 is 9.92. The van der Waals surface area contributed by atoms with Crippen LogP contribution >= 0.6 is 27.5 Å². The molecular formula is C21H19BrClN5. The van der Waals surface area contributed by atoms with Gasteiger partial charge in [0, 0.05) is 35.7 Å². The molecule has 0 spiro atoms. The standard InChI is InChI=1S/C21H19BrClN5/c22-17-13-26-28-20(25-12-15-5-3-4-14(11-24)8-9-15)10-19(27-21(17)28)16-6-1-2-7-18(16)23/h1-10,13,15,25H,11-12,24H2. The second-order valence-corrected chi connectivity index (χ2v) is 7.73. The van der Waals surface area contributed by atoms with Crippen LogP contribution in [0.5, 0.6) is 0 Å². The number of fused-ring (bicyclic) bond motifs is 1. The molecule has 2 aromatic heterocycles. The van der Waals surface area contributed by atoms with Crippen LogP contribution in [0.15, 0.2) is 77.0 Å². The first kappa shape index (κ1) is 18.9. The van der Waals surface area contributed by atoms with Crippen LogP contribution in [0.4, 0.5) is 5.82 Å². The Kier molecular flexibility index (Phi) is 5.62. The zero-order chi connectivity index (χ0) is 19.5. The lowest BCUT2D eigenvalue weighted by Crippen LogP contribution is -2.13. The largest absolute Gasteiger partial charge is 0.369 e. The van der Waals surface area contributed by atoms with Crippen LogP contribution in [0.1, 0.15) is 0 Å². The van der Waals surface area contributed by atoms with E-state index in [1.54, 1.807) is 10.7 Å². The maximum atomic E-state index is 6.39. The Balaban J connectivity index is 1.66. The predicted octanol–water partition coefficient (Wildman–Crippen LogP) is 4.85. The number of allylic oxidation sites excluding steroid dienone is 2. The average Bonchev–Trinajstić information content (AvgIpc) is 2.94. The van der Waals surface area contributed by atoms with Gasteiger partial charge in [-0.1, -0.05) is 60.2 Å². The number of nitrogens with two attached hydrogens (primary N) is 1. The molecule has 1 aliphatic carbocycles. The van der Waals surface area contributed by atoms with E-state index in [0.717, 1.165) is 39.3 Å². The number of nitrogens with one attached hydrogen (secondary N) is 1. The summed E-state index contributed by atoms with van der Waals surface area (Å²) in [6.45, 7) is 1.26. The molecule has 0 amide bonds. The zero-order valence-electron chi connectivity index (χ0n) is 15.0. The summed E-state index contributed by atoms with van der Waals surface area (Å²) < 4.78 is 2.62. The third-order valence-corrected chi connectivity index (χ3v) is 5.45. The van der Waals surface area contributed by atoms with Crippen molar-refractivity contribution in [2.45, 2.75) is 0 Å². The van der Waals surface area contributed by atoms with Crippen molar-refractivity contribution in [3.63, 3.8) is 0 Å². The molecular weight excluding hydrogens is 438 g/mol. The van der Waals surface area contributed by atoms with E-state index in [-0.39, 0.29) is 5.92 Å². The monoisotopic (exact) mass is 455 g/mol. The molecule has 1 aliphatic rings. The molecule has 28 heavy (non-hydrogen) atoms. The van der Waals surface area contributed by atoms with Crippen molar-refractivity contribution in [3.8, 4) is 11.3 Å². The van der Waals surface area contributed by atoms with Crippen molar-refractivity contribution < 1.29 is 0 Å². The molecule has 0 saturated carbocycles. The minimum Gasteiger partial charge on any atom is -0.369 e. The minimum atomic E-state index is 0.242. The molecule has 1 aromatic carbocycles. The third kappa shape index (κ3) is 3.90. The van der Waals surface area contributed by atoms with Crippen molar-refractivity contribution in [2.24, 2.45) is 11.7 Å². The first-order chi connectivity index (χ1) is 13.7. The van der Waals surface area contributed by atoms with Crippen molar-refractivity contribution >= 4 is 39.0 Å². The van der Waals surface area contributed by atoms with Gasteiger partial charge in [-0.15, -0.1) is 0 Å². The van der Waals surface area contributed by atoms with Crippen molar-refractivity contribution in [3.05, 3.63) is 82.0 Å². The number of nitrogens with zero attached hydrogens (tertiary/aromatic N) is 3. The average molecular weight is 457 g/mol. The summed E-state index contributed by atoms with van der Waals surface area (Å²) in [7, 11) is 0. The highest BCUT2D eigenvalue weighted by Crippen LogP contribution is 2.30. The van der Waals surface area contributed by atoms with E-state index < -0.39 is 0 Å². The van der Waals surface area contributed by atoms with Crippen molar-refractivity contribution in [2.75, 3.05) is 18.4 Å². The smallest absolute Gasteiger partial charge is 0.172 e. The summed E-state index contributed by atoms with van der Waals surface area (Å²) in [6.07, 6.45) is 12.2. The van der Waals surface area contributed by atoms with Gasteiger partial charge in [-0.05, 0) is 27.6 Å². The van der Waals surface area contributed by atoms with E-state index in [9.17, 15) is 0 Å². The van der Waals surface area contributed by atoms with Crippen LogP contribution in [0, 0.1) is 5.92 Å². The highest BCUT2D eigenvalue weighted by atomic mass is 79.9. The number of hydrogen-bond acceptors (Lipinski definition) is 4. The number of rotatable bonds is 5. The molecule has 2 heterocycles. The van der Waals surface area contributed by atoms with E-state index in [1.807, 2.05) is 36.4 Å². The molecule has 4 rings (SSSR count). The van der Waals surface area contributed by atoms with Gasteiger partial charge < -0.3 is 11.1 Å².